The van der Waals surface area contributed by atoms with E-state index in [-0.39, 0.29) is 5.76 Å². The zero-order chi connectivity index (χ0) is 19.8. The zero-order valence-electron chi connectivity index (χ0n) is 16.0. The molecule has 7 heteroatoms. The molecule has 0 N–H and O–H groups in total. The van der Waals surface area contributed by atoms with E-state index >= 15 is 0 Å². The molecular formula is C21H23N5O2. The van der Waals surface area contributed by atoms with Gasteiger partial charge in [-0.1, -0.05) is 36.4 Å². The van der Waals surface area contributed by atoms with Crippen LogP contribution in [0.5, 0.6) is 0 Å². The Hall–Kier alpha value is -3.32. The molecule has 0 spiro atoms. The Morgan fingerprint density at radius 2 is 1.86 bits per heavy atom. The topological polar surface area (TPSA) is 76.5 Å². The Labute approximate surface area is 163 Å². The van der Waals surface area contributed by atoms with E-state index in [4.69, 9.17) is 4.42 Å². The summed E-state index contributed by atoms with van der Waals surface area (Å²) in [4.78, 5) is 21.2. The van der Waals surface area contributed by atoms with Crippen molar-refractivity contribution in [3.05, 3.63) is 83.8 Å². The Kier molecular flexibility index (Phi) is 6.64. The number of carbonyl (C=O) groups is 1. The molecule has 0 saturated heterocycles. The van der Waals surface area contributed by atoms with E-state index in [1.807, 2.05) is 48.7 Å². The SMILES string of the molecule is CN(C)CCc1ccccn1.O=Cc1oc2ncnn2c1Cc1ccccc1. The van der Waals surface area contributed by atoms with E-state index < -0.39 is 0 Å². The number of nitrogens with zero attached hydrogens (tertiary/aromatic N) is 5. The molecule has 3 aromatic heterocycles. The molecule has 0 bridgehead atoms. The second-order valence-electron chi connectivity index (χ2n) is 6.52. The molecule has 0 aliphatic heterocycles. The first-order valence-corrected chi connectivity index (χ1v) is 9.02. The summed E-state index contributed by atoms with van der Waals surface area (Å²) in [7, 11) is 4.14. The van der Waals surface area contributed by atoms with Gasteiger partial charge in [0.15, 0.2) is 12.0 Å². The first kappa shape index (κ1) is 19.4. The van der Waals surface area contributed by atoms with Crippen molar-refractivity contribution in [1.82, 2.24) is 24.5 Å². The molecule has 0 radical (unpaired) electrons. The van der Waals surface area contributed by atoms with E-state index in [0.29, 0.717) is 18.6 Å². The van der Waals surface area contributed by atoms with Crippen molar-refractivity contribution in [1.29, 1.82) is 0 Å². The largest absolute Gasteiger partial charge is 0.419 e. The Morgan fingerprint density at radius 3 is 2.54 bits per heavy atom. The molecule has 0 atom stereocenters. The van der Waals surface area contributed by atoms with Gasteiger partial charge in [0.25, 0.3) is 0 Å². The number of pyridine rings is 1. The van der Waals surface area contributed by atoms with Gasteiger partial charge in [0.1, 0.15) is 6.33 Å². The average molecular weight is 377 g/mol. The smallest absolute Gasteiger partial charge is 0.325 e. The number of aldehydes is 1. The molecule has 7 nitrogen and oxygen atoms in total. The van der Waals surface area contributed by atoms with Gasteiger partial charge in [-0.2, -0.15) is 14.6 Å². The number of carbonyl (C=O) groups excluding carboxylic acids is 1. The van der Waals surface area contributed by atoms with Crippen molar-refractivity contribution in [3.63, 3.8) is 0 Å². The van der Waals surface area contributed by atoms with Crippen LogP contribution in [0.1, 0.15) is 27.5 Å². The van der Waals surface area contributed by atoms with E-state index in [9.17, 15) is 4.79 Å². The van der Waals surface area contributed by atoms with Crippen molar-refractivity contribution in [2.24, 2.45) is 0 Å². The van der Waals surface area contributed by atoms with E-state index in [0.717, 1.165) is 24.2 Å². The van der Waals surface area contributed by atoms with Crippen LogP contribution in [-0.4, -0.2) is 51.4 Å². The van der Waals surface area contributed by atoms with Gasteiger partial charge in [-0.15, -0.1) is 0 Å². The second kappa shape index (κ2) is 9.57. The highest BCUT2D eigenvalue weighted by Crippen LogP contribution is 2.16. The molecule has 4 rings (SSSR count). The molecule has 4 aromatic rings. The van der Waals surface area contributed by atoms with Gasteiger partial charge in [-0.25, -0.2) is 0 Å². The lowest BCUT2D eigenvalue weighted by atomic mass is 10.1. The number of likely N-dealkylation sites (N-methyl/N-ethyl adjacent to an activating group) is 1. The highest BCUT2D eigenvalue weighted by atomic mass is 16.4. The van der Waals surface area contributed by atoms with Gasteiger partial charge in [0, 0.05) is 31.3 Å². The van der Waals surface area contributed by atoms with Gasteiger partial charge >= 0.3 is 5.84 Å². The zero-order valence-corrected chi connectivity index (χ0v) is 16.0. The number of benzene rings is 1. The van der Waals surface area contributed by atoms with Crippen LogP contribution >= 0.6 is 0 Å². The Morgan fingerprint density at radius 1 is 1.07 bits per heavy atom. The second-order valence-corrected chi connectivity index (χ2v) is 6.52. The molecule has 3 heterocycles. The Bertz CT molecular complexity index is 994. The molecule has 1 aromatic carbocycles. The summed E-state index contributed by atoms with van der Waals surface area (Å²) in [5, 5.41) is 4.04. The first-order chi connectivity index (χ1) is 13.7. The molecular weight excluding hydrogens is 354 g/mol. The maximum Gasteiger partial charge on any atom is 0.325 e. The summed E-state index contributed by atoms with van der Waals surface area (Å²) in [6, 6.07) is 15.9. The third-order valence-electron chi connectivity index (χ3n) is 4.12. The molecule has 0 unspecified atom stereocenters. The predicted molar refractivity (Wildman–Crippen MR) is 106 cm³/mol. The summed E-state index contributed by atoms with van der Waals surface area (Å²) >= 11 is 0. The van der Waals surface area contributed by atoms with E-state index in [2.05, 4.69) is 40.1 Å². The van der Waals surface area contributed by atoms with Gasteiger partial charge in [0.05, 0.1) is 5.69 Å². The first-order valence-electron chi connectivity index (χ1n) is 9.02. The highest BCUT2D eigenvalue weighted by Gasteiger charge is 2.15. The number of hydrogen-bond acceptors (Lipinski definition) is 6. The number of rotatable bonds is 6. The fourth-order valence-electron chi connectivity index (χ4n) is 2.67. The maximum absolute atomic E-state index is 10.9. The van der Waals surface area contributed by atoms with Gasteiger partial charge in [0.2, 0.25) is 0 Å². The number of aromatic nitrogens is 4. The molecule has 0 aliphatic rings. The number of fused-ring (bicyclic) bond motifs is 1. The lowest BCUT2D eigenvalue weighted by Gasteiger charge is -2.07. The molecule has 0 aliphatic carbocycles. The summed E-state index contributed by atoms with van der Waals surface area (Å²) < 4.78 is 6.83. The average Bonchev–Trinajstić information content (AvgIpc) is 3.31. The molecule has 0 amide bonds. The summed E-state index contributed by atoms with van der Waals surface area (Å²) in [6.07, 6.45) is 5.56. The van der Waals surface area contributed by atoms with Crippen molar-refractivity contribution in [3.8, 4) is 0 Å². The number of hydrogen-bond donors (Lipinski definition) is 0. The minimum absolute atomic E-state index is 0.282. The Balaban J connectivity index is 0.000000178. The lowest BCUT2D eigenvalue weighted by Crippen LogP contribution is -2.15. The molecule has 144 valence electrons. The number of oxazole rings is 1. The van der Waals surface area contributed by atoms with Crippen LogP contribution in [0, 0.1) is 0 Å². The summed E-state index contributed by atoms with van der Waals surface area (Å²) in [5.41, 5.74) is 2.98. The van der Waals surface area contributed by atoms with Crippen LogP contribution < -0.4 is 0 Å². The predicted octanol–water partition coefficient (Wildman–Crippen LogP) is 2.91. The normalized spacial score (nSPS) is 10.7. The fourth-order valence-corrected chi connectivity index (χ4v) is 2.67. The maximum atomic E-state index is 10.9. The van der Waals surface area contributed by atoms with Crippen molar-refractivity contribution in [2.45, 2.75) is 12.8 Å². The third-order valence-corrected chi connectivity index (χ3v) is 4.12. The fraction of sp³-hybridized carbons (Fsp3) is 0.238. The lowest BCUT2D eigenvalue weighted by molar-refractivity contribution is 0.110. The molecule has 28 heavy (non-hydrogen) atoms. The van der Waals surface area contributed by atoms with Crippen LogP contribution in [0.25, 0.3) is 5.84 Å². The van der Waals surface area contributed by atoms with Crippen molar-refractivity contribution in [2.75, 3.05) is 20.6 Å². The van der Waals surface area contributed by atoms with Gasteiger partial charge < -0.3 is 9.32 Å². The van der Waals surface area contributed by atoms with Crippen LogP contribution in [-0.2, 0) is 12.8 Å². The monoisotopic (exact) mass is 377 g/mol. The van der Waals surface area contributed by atoms with Crippen molar-refractivity contribution < 1.29 is 9.21 Å². The van der Waals surface area contributed by atoms with Crippen LogP contribution in [0.15, 0.2) is 65.5 Å². The van der Waals surface area contributed by atoms with Crippen LogP contribution in [0.3, 0.4) is 0 Å². The molecule has 0 saturated carbocycles. The highest BCUT2D eigenvalue weighted by molar-refractivity contribution is 5.73. The van der Waals surface area contributed by atoms with Crippen molar-refractivity contribution >= 4 is 12.1 Å². The van der Waals surface area contributed by atoms with Gasteiger partial charge in [-0.3, -0.25) is 9.78 Å². The standard InChI is InChI=1S/C12H9N3O2.C9H14N2/c16-7-11-10(6-9-4-2-1-3-5-9)15-12(17-11)13-8-14-15;1-11(2)8-6-9-5-3-4-7-10-9/h1-5,7-8H,6H2;3-5,7H,6,8H2,1-2H3. The van der Waals surface area contributed by atoms with E-state index in [1.54, 1.807) is 4.52 Å². The van der Waals surface area contributed by atoms with Crippen LogP contribution in [0.4, 0.5) is 0 Å². The third kappa shape index (κ3) is 5.11. The van der Waals surface area contributed by atoms with E-state index in [1.165, 1.54) is 12.0 Å². The quantitative estimate of drug-likeness (QED) is 0.481. The molecule has 0 fully saturated rings. The summed E-state index contributed by atoms with van der Waals surface area (Å²) in [6.45, 7) is 1.07. The van der Waals surface area contributed by atoms with Gasteiger partial charge in [-0.05, 0) is 31.8 Å². The van der Waals surface area contributed by atoms with Crippen LogP contribution in [0.2, 0.25) is 0 Å². The summed E-state index contributed by atoms with van der Waals surface area (Å²) in [5.74, 6) is 0.627. The minimum Gasteiger partial charge on any atom is -0.419 e. The minimum atomic E-state index is 0.282.